The number of amides is 1. The predicted molar refractivity (Wildman–Crippen MR) is 183 cm³/mol. The number of nitrogens with two attached hydrogens (primary N) is 1. The Labute approximate surface area is 287 Å². The van der Waals surface area contributed by atoms with Crippen LogP contribution in [0.5, 0.6) is 0 Å². The first-order valence-electron chi connectivity index (χ1n) is 16.7. The summed E-state index contributed by atoms with van der Waals surface area (Å²) < 4.78 is 24.2. The minimum absolute atomic E-state index is 0.0385. The van der Waals surface area contributed by atoms with Crippen LogP contribution in [0.25, 0.3) is 0 Å². The molecular formula is C36H47N5O8. The molecule has 0 radical (unpaired) electrons. The first kappa shape index (κ1) is 37.3. The Morgan fingerprint density at radius 1 is 1.18 bits per heavy atom. The maximum atomic E-state index is 13.1. The number of benzene rings is 1. The van der Waals surface area contributed by atoms with E-state index in [1.54, 1.807) is 4.90 Å². The Bertz CT molecular complexity index is 1660. The van der Waals surface area contributed by atoms with E-state index < -0.39 is 41.4 Å². The first-order chi connectivity index (χ1) is 23.4. The molecule has 2 aliphatic rings. The van der Waals surface area contributed by atoms with Crippen molar-refractivity contribution in [3.63, 3.8) is 0 Å². The monoisotopic (exact) mass is 677 g/mol. The van der Waals surface area contributed by atoms with Crippen LogP contribution < -0.4 is 17.0 Å². The maximum Gasteiger partial charge on any atom is 0.508 e. The van der Waals surface area contributed by atoms with Crippen molar-refractivity contribution in [2.45, 2.75) is 96.4 Å². The van der Waals surface area contributed by atoms with Crippen LogP contribution in [0.2, 0.25) is 0 Å². The number of likely N-dealkylation sites (tertiary alicyclic amines) is 1. The fraction of sp³-hybridized carbons (Fsp3) is 0.556. The standard InChI is InChI=1S/C36H47N5O8/c1-6-25-13-15-26(16-14-25)22-39(24-28-12-8-9-18-40(28)34(44)49-36(3,4)5)19-20-46-35(45)48-30-21-31(47-29(30)7-2)41-23-27(11-10-17-37)32(42)38-33(41)43/h1,13-16,23,28-31H,7-9,12,17-22,24,37H2,2-5H3,(H,38,42,43)/t28?,29-,30?,31-/m1/s1. The van der Waals surface area contributed by atoms with Crippen molar-refractivity contribution in [1.29, 1.82) is 0 Å². The lowest BCUT2D eigenvalue weighted by Gasteiger charge is -2.39. The highest BCUT2D eigenvalue weighted by Gasteiger charge is 2.39. The van der Waals surface area contributed by atoms with E-state index in [1.807, 2.05) is 52.0 Å². The second kappa shape index (κ2) is 17.2. The summed E-state index contributed by atoms with van der Waals surface area (Å²) in [5.74, 6) is 7.88. The molecule has 2 saturated heterocycles. The van der Waals surface area contributed by atoms with Gasteiger partial charge in [0.05, 0.1) is 12.6 Å². The van der Waals surface area contributed by atoms with Gasteiger partial charge >= 0.3 is 17.9 Å². The van der Waals surface area contributed by atoms with E-state index in [1.165, 1.54) is 10.8 Å². The van der Waals surface area contributed by atoms with E-state index >= 15 is 0 Å². The van der Waals surface area contributed by atoms with Gasteiger partial charge in [-0.3, -0.25) is 19.2 Å². The number of carbonyl (C=O) groups is 2. The molecule has 1 aromatic carbocycles. The highest BCUT2D eigenvalue weighted by Crippen LogP contribution is 2.32. The Kier molecular flexibility index (Phi) is 13.1. The fourth-order valence-corrected chi connectivity index (χ4v) is 5.96. The van der Waals surface area contributed by atoms with Crippen LogP contribution in [0.3, 0.4) is 0 Å². The summed E-state index contributed by atoms with van der Waals surface area (Å²) in [5.41, 5.74) is 5.41. The molecule has 0 bridgehead atoms. The molecule has 2 unspecified atom stereocenters. The Morgan fingerprint density at radius 3 is 2.61 bits per heavy atom. The van der Waals surface area contributed by atoms with Gasteiger partial charge in [-0.15, -0.1) is 6.42 Å². The van der Waals surface area contributed by atoms with Gasteiger partial charge < -0.3 is 29.6 Å². The van der Waals surface area contributed by atoms with E-state index in [4.69, 9.17) is 31.1 Å². The van der Waals surface area contributed by atoms with Crippen LogP contribution in [0.1, 0.15) is 82.7 Å². The van der Waals surface area contributed by atoms with Crippen molar-refractivity contribution in [1.82, 2.24) is 19.4 Å². The molecule has 0 saturated carbocycles. The van der Waals surface area contributed by atoms with Gasteiger partial charge in [0.25, 0.3) is 5.56 Å². The Balaban J connectivity index is 1.40. The lowest BCUT2D eigenvalue weighted by molar-refractivity contribution is -0.0386. The van der Waals surface area contributed by atoms with E-state index in [9.17, 15) is 19.2 Å². The van der Waals surface area contributed by atoms with Crippen LogP contribution in [0.15, 0.2) is 40.1 Å². The molecule has 2 fully saturated rings. The van der Waals surface area contributed by atoms with Gasteiger partial charge in [0.2, 0.25) is 0 Å². The van der Waals surface area contributed by atoms with Crippen LogP contribution in [-0.2, 0) is 25.5 Å². The lowest BCUT2D eigenvalue weighted by atomic mass is 10.0. The van der Waals surface area contributed by atoms with Gasteiger partial charge in [0, 0.05) is 50.4 Å². The lowest BCUT2D eigenvalue weighted by Crippen LogP contribution is -2.51. The van der Waals surface area contributed by atoms with Crippen molar-refractivity contribution in [3.05, 3.63) is 68.0 Å². The smallest absolute Gasteiger partial charge is 0.444 e. The summed E-state index contributed by atoms with van der Waals surface area (Å²) in [6.07, 6.45) is 7.11. The minimum Gasteiger partial charge on any atom is -0.444 e. The van der Waals surface area contributed by atoms with Crippen LogP contribution >= 0.6 is 0 Å². The summed E-state index contributed by atoms with van der Waals surface area (Å²) in [4.78, 5) is 56.9. The maximum absolute atomic E-state index is 13.1. The average Bonchev–Trinajstić information content (AvgIpc) is 3.46. The normalized spacial score (nSPS) is 20.6. The molecule has 4 atom stereocenters. The highest BCUT2D eigenvalue weighted by molar-refractivity contribution is 5.68. The quantitative estimate of drug-likeness (QED) is 0.282. The minimum atomic E-state index is -0.859. The molecule has 49 heavy (non-hydrogen) atoms. The van der Waals surface area contributed by atoms with Crippen LogP contribution in [0, 0.1) is 24.2 Å². The van der Waals surface area contributed by atoms with E-state index in [0.717, 1.165) is 30.4 Å². The summed E-state index contributed by atoms with van der Waals surface area (Å²) >= 11 is 0. The number of nitrogens with zero attached hydrogens (tertiary/aromatic N) is 3. The summed E-state index contributed by atoms with van der Waals surface area (Å²) in [7, 11) is 0. The molecule has 3 heterocycles. The zero-order valence-corrected chi connectivity index (χ0v) is 28.7. The van der Waals surface area contributed by atoms with Crippen molar-refractivity contribution in [2.24, 2.45) is 5.73 Å². The number of nitrogens with one attached hydrogen (secondary N) is 1. The number of aromatic amines is 1. The number of hydrogen-bond donors (Lipinski definition) is 2. The SMILES string of the molecule is C#Cc1ccc(CN(CCOC(=O)OC2C[C@H](n3cc(C#CCN)c(=O)[nH]c3=O)O[C@@H]2CC)CC2CCCCN2C(=O)OC(C)(C)C)cc1. The average molecular weight is 678 g/mol. The molecule has 3 N–H and O–H groups in total. The summed E-state index contributed by atoms with van der Waals surface area (Å²) in [5, 5.41) is 0. The highest BCUT2D eigenvalue weighted by atomic mass is 16.7. The number of ether oxygens (including phenoxy) is 4. The third kappa shape index (κ3) is 10.7. The third-order valence-corrected chi connectivity index (χ3v) is 8.31. The zero-order valence-electron chi connectivity index (χ0n) is 28.7. The van der Waals surface area contributed by atoms with Gasteiger partial charge in [0.15, 0.2) is 0 Å². The largest absolute Gasteiger partial charge is 0.508 e. The van der Waals surface area contributed by atoms with Crippen molar-refractivity contribution in [3.8, 4) is 24.2 Å². The summed E-state index contributed by atoms with van der Waals surface area (Å²) in [6, 6.07) is 7.62. The number of aromatic nitrogens is 2. The van der Waals surface area contributed by atoms with Gasteiger partial charge in [-0.2, -0.15) is 0 Å². The van der Waals surface area contributed by atoms with Crippen LogP contribution in [0.4, 0.5) is 9.59 Å². The van der Waals surface area contributed by atoms with Crippen molar-refractivity contribution >= 4 is 12.2 Å². The third-order valence-electron chi connectivity index (χ3n) is 8.31. The number of rotatable bonds is 10. The van der Waals surface area contributed by atoms with E-state index in [2.05, 4.69) is 27.6 Å². The van der Waals surface area contributed by atoms with E-state index in [-0.39, 0.29) is 37.3 Å². The van der Waals surface area contributed by atoms with Crippen molar-refractivity contribution in [2.75, 3.05) is 32.8 Å². The molecule has 0 aliphatic carbocycles. The van der Waals surface area contributed by atoms with E-state index in [0.29, 0.717) is 32.6 Å². The van der Waals surface area contributed by atoms with Gasteiger partial charge in [-0.1, -0.05) is 36.8 Å². The Morgan fingerprint density at radius 2 is 1.94 bits per heavy atom. The van der Waals surface area contributed by atoms with Gasteiger partial charge in [0.1, 0.15) is 30.1 Å². The fourth-order valence-electron chi connectivity index (χ4n) is 5.96. The molecule has 1 aromatic heterocycles. The van der Waals surface area contributed by atoms with Gasteiger partial charge in [-0.05, 0) is 64.2 Å². The number of terminal acetylenes is 1. The van der Waals surface area contributed by atoms with Crippen LogP contribution in [-0.4, -0.2) is 88.2 Å². The van der Waals surface area contributed by atoms with Crippen molar-refractivity contribution < 1.29 is 28.5 Å². The molecule has 2 aliphatic heterocycles. The topological polar surface area (TPSA) is 158 Å². The molecule has 2 aromatic rings. The predicted octanol–water partition coefficient (Wildman–Crippen LogP) is 3.34. The molecule has 13 nitrogen and oxygen atoms in total. The number of piperidine rings is 1. The van der Waals surface area contributed by atoms with Gasteiger partial charge in [-0.25, -0.2) is 14.4 Å². The Hall–Kier alpha value is -4.56. The summed E-state index contributed by atoms with van der Waals surface area (Å²) in [6.45, 7) is 9.62. The molecule has 264 valence electrons. The number of H-pyrrole nitrogens is 1. The molecule has 1 amide bonds. The second-order valence-electron chi connectivity index (χ2n) is 13.1. The zero-order chi connectivity index (χ0) is 35.6. The molecular weight excluding hydrogens is 630 g/mol. The number of hydrogen-bond acceptors (Lipinski definition) is 10. The molecule has 4 rings (SSSR count). The first-order valence-corrected chi connectivity index (χ1v) is 16.7. The molecule has 13 heteroatoms. The number of carbonyl (C=O) groups excluding carboxylic acids is 2. The molecule has 0 spiro atoms. The second-order valence-corrected chi connectivity index (χ2v) is 13.1.